The van der Waals surface area contributed by atoms with E-state index in [1.165, 1.54) is 5.56 Å². The topological polar surface area (TPSA) is 65.8 Å². The first-order chi connectivity index (χ1) is 10.7. The van der Waals surface area contributed by atoms with Crippen molar-refractivity contribution in [2.45, 2.75) is 63.2 Å². The third-order valence-corrected chi connectivity index (χ3v) is 26.2. The second-order valence-corrected chi connectivity index (χ2v) is 26.8. The summed E-state index contributed by atoms with van der Waals surface area (Å²) < 4.78 is 0.285. The Balaban J connectivity index is 3.69. The zero-order chi connectivity index (χ0) is 19.0. The number of rotatable bonds is 5. The first-order valence-corrected chi connectivity index (χ1v) is 18.9. The van der Waals surface area contributed by atoms with Crippen LogP contribution in [0.3, 0.4) is 0 Å². The molecule has 0 N–H and O–H groups in total. The van der Waals surface area contributed by atoms with Crippen LogP contribution in [0.15, 0.2) is 29.4 Å². The van der Waals surface area contributed by atoms with E-state index in [1.54, 1.807) is 0 Å². The van der Waals surface area contributed by atoms with Crippen molar-refractivity contribution >= 4 is 30.1 Å². The van der Waals surface area contributed by atoms with E-state index < -0.39 is 30.1 Å². The van der Waals surface area contributed by atoms with Crippen LogP contribution in [0, 0.1) is 0 Å². The van der Waals surface area contributed by atoms with Gasteiger partial charge in [-0.05, 0) is 20.5 Å². The average Bonchev–Trinajstić information content (AvgIpc) is 2.35. The lowest BCUT2D eigenvalue weighted by atomic mass is 10.1. The van der Waals surface area contributed by atoms with Gasteiger partial charge in [-0.2, -0.15) is 0 Å². The molecule has 0 aromatic heterocycles. The van der Waals surface area contributed by atoms with Gasteiger partial charge < -0.3 is 0 Å². The largest absolute Gasteiger partial charge is 0.287 e. The summed E-state index contributed by atoms with van der Waals surface area (Å²) in [5.41, 5.74) is 10.3. The molecule has 0 saturated carbocycles. The van der Waals surface area contributed by atoms with Crippen LogP contribution in [0.1, 0.15) is 15.9 Å². The lowest BCUT2D eigenvalue weighted by Gasteiger charge is -2.59. The molecule has 0 bridgehead atoms. The van der Waals surface area contributed by atoms with Crippen molar-refractivity contribution in [2.75, 3.05) is 0 Å². The molecule has 0 fully saturated rings. The molecule has 24 heavy (non-hydrogen) atoms. The van der Waals surface area contributed by atoms with Gasteiger partial charge in [0.05, 0.1) is 0 Å². The maximum atomic E-state index is 11.8. The Morgan fingerprint density at radius 2 is 1.25 bits per heavy atom. The van der Waals surface area contributed by atoms with E-state index in [-0.39, 0.29) is 4.28 Å². The zero-order valence-corrected chi connectivity index (χ0v) is 19.6. The molecule has 0 heterocycles. The van der Waals surface area contributed by atoms with Crippen molar-refractivity contribution in [1.29, 1.82) is 0 Å². The highest BCUT2D eigenvalue weighted by atomic mass is 28.5. The molecule has 1 rings (SSSR count). The van der Waals surface area contributed by atoms with Gasteiger partial charge in [-0.25, -0.2) is 0 Å². The number of azide groups is 1. The maximum absolute atomic E-state index is 11.8. The zero-order valence-electron chi connectivity index (χ0n) is 16.6. The molecule has 4 nitrogen and oxygen atoms in total. The van der Waals surface area contributed by atoms with E-state index in [4.69, 9.17) is 5.53 Å². The fraction of sp³-hybridized carbons (Fsp3) is 0.588. The molecule has 0 unspecified atom stereocenters. The number of nitrogens with zero attached hydrogens (tertiary/aromatic N) is 3. The first-order valence-electron chi connectivity index (χ1n) is 8.40. The summed E-state index contributed by atoms with van der Waals surface area (Å²) in [6.07, 6.45) is 0. The van der Waals surface area contributed by atoms with Crippen molar-refractivity contribution in [3.63, 3.8) is 0 Å². The Morgan fingerprint density at radius 1 is 0.875 bits per heavy atom. The molecule has 0 aliphatic carbocycles. The number of carbonyl (C=O) groups excluding carboxylic acids is 1. The Morgan fingerprint density at radius 3 is 1.54 bits per heavy atom. The summed E-state index contributed by atoms with van der Waals surface area (Å²) in [7, 11) is -4.66. The van der Waals surface area contributed by atoms with Crippen molar-refractivity contribution in [3.8, 4) is 0 Å². The molecule has 0 aliphatic heterocycles. The third kappa shape index (κ3) is 3.44. The summed E-state index contributed by atoms with van der Waals surface area (Å²) in [6, 6.07) is 7.91. The minimum absolute atomic E-state index is 0.285. The van der Waals surface area contributed by atoms with Crippen LogP contribution in [0.2, 0.25) is 58.9 Å². The standard InChI is InChI=1S/C17H31N3OSi3/c1-22(2,3)17(23(4,5)6,24(7,8)9)15-12-10-14(11-13-15)16(21)19-20-18/h10-13H,1-9H3. The highest BCUT2D eigenvalue weighted by Crippen LogP contribution is 2.49. The maximum Gasteiger partial charge on any atom is 0.249 e. The fourth-order valence-corrected chi connectivity index (χ4v) is 35.7. The molecular weight excluding hydrogens is 346 g/mol. The van der Waals surface area contributed by atoms with E-state index in [2.05, 4.69) is 81.1 Å². The number of benzene rings is 1. The van der Waals surface area contributed by atoms with Gasteiger partial charge in [-0.3, -0.25) is 4.79 Å². The summed E-state index contributed by atoms with van der Waals surface area (Å²) in [5.74, 6) is -0.510. The molecule has 1 amide bonds. The molecule has 0 aliphatic rings. The van der Waals surface area contributed by atoms with Gasteiger partial charge in [0, 0.05) is 34.7 Å². The van der Waals surface area contributed by atoms with Crippen molar-refractivity contribution in [3.05, 3.63) is 45.8 Å². The predicted octanol–water partition coefficient (Wildman–Crippen LogP) is 6.01. The molecule has 0 radical (unpaired) electrons. The average molecular weight is 378 g/mol. The highest BCUT2D eigenvalue weighted by molar-refractivity contribution is 7.14. The minimum atomic E-state index is -1.55. The van der Waals surface area contributed by atoms with Crippen molar-refractivity contribution < 1.29 is 4.79 Å². The SMILES string of the molecule is C[Si](C)(C)C(c1ccc(C(=O)N=[N+]=[N-])cc1)([Si](C)(C)C)[Si](C)(C)C. The molecule has 0 atom stereocenters. The lowest BCUT2D eigenvalue weighted by Crippen LogP contribution is -2.74. The van der Waals surface area contributed by atoms with Crippen LogP contribution in [0.4, 0.5) is 0 Å². The molecule has 0 saturated heterocycles. The van der Waals surface area contributed by atoms with Gasteiger partial charge in [-0.15, -0.1) is 0 Å². The molecular formula is C17H31N3OSi3. The van der Waals surface area contributed by atoms with Gasteiger partial charge in [-0.1, -0.05) is 83.2 Å². The van der Waals surface area contributed by atoms with Crippen LogP contribution in [-0.4, -0.2) is 30.1 Å². The van der Waals surface area contributed by atoms with Gasteiger partial charge in [0.2, 0.25) is 5.91 Å². The van der Waals surface area contributed by atoms with Crippen LogP contribution >= 0.6 is 0 Å². The van der Waals surface area contributed by atoms with Crippen molar-refractivity contribution in [1.82, 2.24) is 0 Å². The number of hydrogen-bond donors (Lipinski definition) is 0. The Kier molecular flexibility index (Phi) is 5.77. The molecule has 132 valence electrons. The van der Waals surface area contributed by atoms with Gasteiger partial charge in [0.25, 0.3) is 0 Å². The van der Waals surface area contributed by atoms with Crippen LogP contribution in [-0.2, 0) is 4.28 Å². The first kappa shape index (κ1) is 20.9. The smallest absolute Gasteiger partial charge is 0.249 e. The summed E-state index contributed by atoms with van der Waals surface area (Å²) in [4.78, 5) is 14.4. The third-order valence-electron chi connectivity index (χ3n) is 5.08. The van der Waals surface area contributed by atoms with E-state index in [0.717, 1.165) is 0 Å². The van der Waals surface area contributed by atoms with E-state index >= 15 is 0 Å². The Bertz CT molecular complexity index is 622. The lowest BCUT2D eigenvalue weighted by molar-refractivity contribution is 0.100. The normalized spacial score (nSPS) is 13.4. The van der Waals surface area contributed by atoms with Crippen LogP contribution in [0.5, 0.6) is 0 Å². The number of amides is 1. The number of hydrogen-bond acceptors (Lipinski definition) is 1. The monoisotopic (exact) mass is 377 g/mol. The number of carbonyl (C=O) groups is 1. The minimum Gasteiger partial charge on any atom is -0.287 e. The van der Waals surface area contributed by atoms with Gasteiger partial charge >= 0.3 is 0 Å². The van der Waals surface area contributed by atoms with Gasteiger partial charge in [0.15, 0.2) is 0 Å². The quantitative estimate of drug-likeness (QED) is 0.268. The molecule has 1 aromatic rings. The van der Waals surface area contributed by atoms with Crippen LogP contribution in [0.25, 0.3) is 10.4 Å². The fourth-order valence-electron chi connectivity index (χ4n) is 5.64. The summed E-state index contributed by atoms with van der Waals surface area (Å²) in [5, 5.41) is 3.20. The van der Waals surface area contributed by atoms with Gasteiger partial charge in [0.1, 0.15) is 0 Å². The second-order valence-electron chi connectivity index (χ2n) is 9.57. The van der Waals surface area contributed by atoms with E-state index in [9.17, 15) is 4.79 Å². The molecule has 7 heteroatoms. The summed E-state index contributed by atoms with van der Waals surface area (Å²) >= 11 is 0. The molecule has 1 aromatic carbocycles. The van der Waals surface area contributed by atoms with E-state index in [0.29, 0.717) is 5.56 Å². The van der Waals surface area contributed by atoms with E-state index in [1.807, 2.05) is 12.1 Å². The predicted molar refractivity (Wildman–Crippen MR) is 112 cm³/mol. The molecule has 0 spiro atoms. The Hall–Kier alpha value is -1.15. The van der Waals surface area contributed by atoms with Crippen molar-refractivity contribution in [2.24, 2.45) is 5.11 Å². The highest BCUT2D eigenvalue weighted by Gasteiger charge is 2.60. The van der Waals surface area contributed by atoms with Crippen LogP contribution < -0.4 is 0 Å². The Labute approximate surface area is 149 Å². The second kappa shape index (κ2) is 6.63. The summed E-state index contributed by atoms with van der Waals surface area (Å²) in [6.45, 7) is 22.4.